The Hall–Kier alpha value is -2.18. The molecule has 0 bridgehead atoms. The molecular formula is C13H9ClN2O3S. The fraction of sp³-hybridized carbons (Fsp3) is 0. The van der Waals surface area contributed by atoms with Crippen molar-refractivity contribution in [1.29, 1.82) is 0 Å². The zero-order valence-corrected chi connectivity index (χ0v) is 11.6. The minimum atomic E-state index is -0.464. The zero-order valence-electron chi connectivity index (χ0n) is 10.1. The van der Waals surface area contributed by atoms with Crippen molar-refractivity contribution in [2.45, 2.75) is 0 Å². The highest BCUT2D eigenvalue weighted by molar-refractivity contribution is 7.16. The van der Waals surface area contributed by atoms with E-state index in [1.54, 1.807) is 30.3 Å². The van der Waals surface area contributed by atoms with Gasteiger partial charge in [-0.2, -0.15) is 0 Å². The van der Waals surface area contributed by atoms with Gasteiger partial charge in [-0.05, 0) is 30.3 Å². The second kappa shape index (κ2) is 6.31. The zero-order chi connectivity index (χ0) is 14.5. The third kappa shape index (κ3) is 3.91. The number of carbonyl (C=O) groups excluding carboxylic acids is 1. The van der Waals surface area contributed by atoms with Gasteiger partial charge in [0.2, 0.25) is 5.91 Å². The van der Waals surface area contributed by atoms with Crippen LogP contribution >= 0.6 is 22.9 Å². The first-order valence-electron chi connectivity index (χ1n) is 5.53. The standard InChI is InChI=1S/C13H9ClN2O3S/c14-9-2-1-3-10(8-9)15-12(17)6-4-11-5-7-13(20-11)16(18)19/h1-8H,(H,15,17)/b6-4+. The molecule has 2 rings (SSSR count). The SMILES string of the molecule is O=C(/C=C/c1ccc([N+](=O)[O-])s1)Nc1cccc(Cl)c1. The summed E-state index contributed by atoms with van der Waals surface area (Å²) < 4.78 is 0. The van der Waals surface area contributed by atoms with Crippen LogP contribution < -0.4 is 5.32 Å². The van der Waals surface area contributed by atoms with Gasteiger partial charge in [0.05, 0.1) is 4.92 Å². The van der Waals surface area contributed by atoms with E-state index in [1.807, 2.05) is 0 Å². The number of thiophene rings is 1. The van der Waals surface area contributed by atoms with Gasteiger partial charge in [0, 0.05) is 27.7 Å². The van der Waals surface area contributed by atoms with Crippen molar-refractivity contribution in [2.75, 3.05) is 5.32 Å². The second-order valence-electron chi connectivity index (χ2n) is 3.77. The van der Waals surface area contributed by atoms with Gasteiger partial charge in [0.25, 0.3) is 0 Å². The highest BCUT2D eigenvalue weighted by Crippen LogP contribution is 2.24. The molecule has 1 aromatic carbocycles. The van der Waals surface area contributed by atoms with Crippen LogP contribution in [0.5, 0.6) is 0 Å². The summed E-state index contributed by atoms with van der Waals surface area (Å²) in [5, 5.41) is 13.7. The van der Waals surface area contributed by atoms with E-state index >= 15 is 0 Å². The van der Waals surface area contributed by atoms with Crippen LogP contribution in [-0.2, 0) is 4.79 Å². The average molecular weight is 309 g/mol. The molecule has 102 valence electrons. The molecule has 0 radical (unpaired) electrons. The monoisotopic (exact) mass is 308 g/mol. The summed E-state index contributed by atoms with van der Waals surface area (Å²) >= 11 is 6.81. The lowest BCUT2D eigenvalue weighted by atomic mass is 10.3. The molecule has 0 atom stereocenters. The van der Waals surface area contributed by atoms with E-state index in [2.05, 4.69) is 5.32 Å². The van der Waals surface area contributed by atoms with Crippen LogP contribution in [0.2, 0.25) is 5.02 Å². The molecule has 0 saturated heterocycles. The summed E-state index contributed by atoms with van der Waals surface area (Å²) in [5.74, 6) is -0.330. The summed E-state index contributed by atoms with van der Waals surface area (Å²) in [7, 11) is 0. The molecule has 0 saturated carbocycles. The Morgan fingerprint density at radius 3 is 2.80 bits per heavy atom. The maximum absolute atomic E-state index is 11.7. The fourth-order valence-corrected chi connectivity index (χ4v) is 2.35. The van der Waals surface area contributed by atoms with Crippen LogP contribution in [0.1, 0.15) is 4.88 Å². The summed E-state index contributed by atoms with van der Waals surface area (Å²) in [4.78, 5) is 22.4. The van der Waals surface area contributed by atoms with E-state index in [-0.39, 0.29) is 10.9 Å². The topological polar surface area (TPSA) is 72.2 Å². The van der Waals surface area contributed by atoms with Crippen LogP contribution in [-0.4, -0.2) is 10.8 Å². The van der Waals surface area contributed by atoms with Crippen molar-refractivity contribution in [3.05, 3.63) is 62.5 Å². The van der Waals surface area contributed by atoms with Gasteiger partial charge in [0.1, 0.15) is 0 Å². The maximum atomic E-state index is 11.7. The van der Waals surface area contributed by atoms with Gasteiger partial charge in [-0.1, -0.05) is 29.0 Å². The first-order chi connectivity index (χ1) is 9.54. The number of hydrogen-bond donors (Lipinski definition) is 1. The van der Waals surface area contributed by atoms with Crippen LogP contribution in [0.25, 0.3) is 6.08 Å². The van der Waals surface area contributed by atoms with Crippen molar-refractivity contribution in [3.63, 3.8) is 0 Å². The molecule has 0 unspecified atom stereocenters. The first kappa shape index (κ1) is 14.2. The van der Waals surface area contributed by atoms with E-state index < -0.39 is 4.92 Å². The van der Waals surface area contributed by atoms with Crippen LogP contribution in [0, 0.1) is 10.1 Å². The summed E-state index contributed by atoms with van der Waals surface area (Å²) in [5.41, 5.74) is 0.587. The largest absolute Gasteiger partial charge is 0.324 e. The second-order valence-corrected chi connectivity index (χ2v) is 5.30. The summed E-state index contributed by atoms with van der Waals surface area (Å²) in [6.07, 6.45) is 2.84. The number of benzene rings is 1. The van der Waals surface area contributed by atoms with Gasteiger partial charge in [-0.25, -0.2) is 0 Å². The highest BCUT2D eigenvalue weighted by atomic mass is 35.5. The smallest absolute Gasteiger partial charge is 0.322 e. The number of nitrogens with zero attached hydrogens (tertiary/aromatic N) is 1. The van der Waals surface area contributed by atoms with Crippen molar-refractivity contribution < 1.29 is 9.72 Å². The molecule has 20 heavy (non-hydrogen) atoms. The number of hydrogen-bond acceptors (Lipinski definition) is 4. The minimum Gasteiger partial charge on any atom is -0.322 e. The van der Waals surface area contributed by atoms with Gasteiger partial charge in [-0.3, -0.25) is 14.9 Å². The van der Waals surface area contributed by atoms with E-state index in [9.17, 15) is 14.9 Å². The molecule has 0 aliphatic heterocycles. The Labute approximate surface area is 123 Å². The quantitative estimate of drug-likeness (QED) is 0.528. The van der Waals surface area contributed by atoms with Crippen molar-refractivity contribution in [2.24, 2.45) is 0 Å². The van der Waals surface area contributed by atoms with E-state index in [1.165, 1.54) is 18.2 Å². The lowest BCUT2D eigenvalue weighted by Gasteiger charge is -2.01. The lowest BCUT2D eigenvalue weighted by Crippen LogP contribution is -2.07. The molecule has 7 heteroatoms. The molecule has 0 spiro atoms. The molecule has 1 amide bonds. The Bertz CT molecular complexity index is 682. The normalized spacial score (nSPS) is 10.7. The van der Waals surface area contributed by atoms with Gasteiger partial charge >= 0.3 is 5.00 Å². The molecule has 2 aromatic rings. The predicted molar refractivity (Wildman–Crippen MR) is 80.1 cm³/mol. The van der Waals surface area contributed by atoms with Crippen molar-refractivity contribution >= 4 is 45.6 Å². The average Bonchev–Trinajstić information content (AvgIpc) is 2.85. The molecule has 0 aliphatic carbocycles. The van der Waals surface area contributed by atoms with Crippen molar-refractivity contribution in [3.8, 4) is 0 Å². The fourth-order valence-electron chi connectivity index (χ4n) is 1.44. The van der Waals surface area contributed by atoms with E-state index in [4.69, 9.17) is 11.6 Å². The Balaban J connectivity index is 2.00. The van der Waals surface area contributed by atoms with Crippen LogP contribution in [0.15, 0.2) is 42.5 Å². The summed E-state index contributed by atoms with van der Waals surface area (Å²) in [6.45, 7) is 0. The Kier molecular flexibility index (Phi) is 4.49. The molecule has 0 aliphatic rings. The Morgan fingerprint density at radius 2 is 2.15 bits per heavy atom. The Morgan fingerprint density at radius 1 is 1.35 bits per heavy atom. The van der Waals surface area contributed by atoms with Gasteiger partial charge < -0.3 is 5.32 Å². The number of carbonyl (C=O) groups is 1. The highest BCUT2D eigenvalue weighted by Gasteiger charge is 2.07. The molecule has 5 nitrogen and oxygen atoms in total. The molecular weight excluding hydrogens is 300 g/mol. The predicted octanol–water partition coefficient (Wildman–Crippen LogP) is 3.96. The number of nitrogens with one attached hydrogen (secondary N) is 1. The van der Waals surface area contributed by atoms with Gasteiger partial charge in [-0.15, -0.1) is 0 Å². The minimum absolute atomic E-state index is 0.0416. The number of rotatable bonds is 4. The third-order valence-corrected chi connectivity index (χ3v) is 3.52. The van der Waals surface area contributed by atoms with Crippen LogP contribution in [0.4, 0.5) is 10.7 Å². The summed E-state index contributed by atoms with van der Waals surface area (Å²) in [6, 6.07) is 9.77. The van der Waals surface area contributed by atoms with E-state index in [0.29, 0.717) is 15.6 Å². The maximum Gasteiger partial charge on any atom is 0.324 e. The molecule has 1 aromatic heterocycles. The third-order valence-electron chi connectivity index (χ3n) is 2.28. The van der Waals surface area contributed by atoms with Crippen molar-refractivity contribution in [1.82, 2.24) is 0 Å². The first-order valence-corrected chi connectivity index (χ1v) is 6.73. The number of amides is 1. The van der Waals surface area contributed by atoms with Gasteiger partial charge in [0.15, 0.2) is 0 Å². The number of anilines is 1. The number of nitro groups is 1. The van der Waals surface area contributed by atoms with E-state index in [0.717, 1.165) is 11.3 Å². The molecule has 1 N–H and O–H groups in total. The molecule has 0 fully saturated rings. The number of halogens is 1. The van der Waals surface area contributed by atoms with Crippen LogP contribution in [0.3, 0.4) is 0 Å². The lowest BCUT2D eigenvalue weighted by molar-refractivity contribution is -0.380. The molecule has 1 heterocycles.